The Labute approximate surface area is 80.5 Å². The molecule has 0 radical (unpaired) electrons. The van der Waals surface area contributed by atoms with Crippen LogP contribution >= 0.6 is 11.8 Å². The molecule has 0 bridgehead atoms. The summed E-state index contributed by atoms with van der Waals surface area (Å²) in [6.07, 6.45) is 1.91. The van der Waals surface area contributed by atoms with Gasteiger partial charge in [0.2, 0.25) is 0 Å². The van der Waals surface area contributed by atoms with Gasteiger partial charge in [-0.2, -0.15) is 11.8 Å². The molecule has 0 aromatic heterocycles. The van der Waals surface area contributed by atoms with Crippen LogP contribution in [0.15, 0.2) is 29.4 Å². The van der Waals surface area contributed by atoms with Gasteiger partial charge in [0.1, 0.15) is 5.82 Å². The molecule has 0 spiro atoms. The van der Waals surface area contributed by atoms with E-state index in [1.165, 1.54) is 12.1 Å². The van der Waals surface area contributed by atoms with Gasteiger partial charge in [0.15, 0.2) is 0 Å². The van der Waals surface area contributed by atoms with Gasteiger partial charge in [0.25, 0.3) is 0 Å². The summed E-state index contributed by atoms with van der Waals surface area (Å²) in [4.78, 5) is 0. The summed E-state index contributed by atoms with van der Waals surface area (Å²) < 4.78 is 12.5. The van der Waals surface area contributed by atoms with E-state index in [1.807, 2.05) is 6.26 Å². The molecule has 1 aromatic carbocycles. The Morgan fingerprint density at radius 3 is 2.54 bits per heavy atom. The van der Waals surface area contributed by atoms with E-state index in [4.69, 9.17) is 5.21 Å². The minimum Gasteiger partial charge on any atom is -0.411 e. The molecule has 0 saturated heterocycles. The summed E-state index contributed by atoms with van der Waals surface area (Å²) in [5, 5.41) is 11.8. The zero-order valence-electron chi connectivity index (χ0n) is 7.20. The molecule has 0 heterocycles. The Morgan fingerprint density at radius 1 is 1.46 bits per heavy atom. The van der Waals surface area contributed by atoms with Gasteiger partial charge in [-0.25, -0.2) is 4.39 Å². The van der Waals surface area contributed by atoms with E-state index in [2.05, 4.69) is 5.16 Å². The zero-order valence-corrected chi connectivity index (χ0v) is 8.01. The molecule has 0 atom stereocenters. The fourth-order valence-electron chi connectivity index (χ4n) is 0.949. The van der Waals surface area contributed by atoms with E-state index < -0.39 is 0 Å². The number of nitrogens with zero attached hydrogens (tertiary/aromatic N) is 1. The molecule has 0 aliphatic rings. The van der Waals surface area contributed by atoms with Crippen molar-refractivity contribution in [3.63, 3.8) is 0 Å². The highest BCUT2D eigenvalue weighted by molar-refractivity contribution is 7.99. The van der Waals surface area contributed by atoms with Crippen molar-refractivity contribution >= 4 is 17.5 Å². The molecular weight excluding hydrogens is 189 g/mol. The van der Waals surface area contributed by atoms with Crippen molar-refractivity contribution < 1.29 is 9.60 Å². The van der Waals surface area contributed by atoms with Gasteiger partial charge in [-0.15, -0.1) is 0 Å². The number of oxime groups is 1. The van der Waals surface area contributed by atoms with Gasteiger partial charge >= 0.3 is 0 Å². The summed E-state index contributed by atoms with van der Waals surface area (Å²) in [7, 11) is 0. The quantitative estimate of drug-likeness (QED) is 0.460. The second-order valence-corrected chi connectivity index (χ2v) is 3.35. The average Bonchev–Trinajstić information content (AvgIpc) is 2.16. The van der Waals surface area contributed by atoms with Crippen LogP contribution in [0.5, 0.6) is 0 Å². The second kappa shape index (κ2) is 4.87. The van der Waals surface area contributed by atoms with Crippen LogP contribution in [-0.4, -0.2) is 22.9 Å². The van der Waals surface area contributed by atoms with Crippen LogP contribution in [0.4, 0.5) is 4.39 Å². The molecule has 1 N–H and O–H groups in total. The van der Waals surface area contributed by atoms with Crippen molar-refractivity contribution in [1.29, 1.82) is 0 Å². The Morgan fingerprint density at radius 2 is 2.08 bits per heavy atom. The molecule has 0 aliphatic carbocycles. The minimum absolute atomic E-state index is 0.287. The van der Waals surface area contributed by atoms with Crippen LogP contribution in [-0.2, 0) is 0 Å². The number of thioether (sulfide) groups is 1. The lowest BCUT2D eigenvalue weighted by Gasteiger charge is -2.01. The Balaban J connectivity index is 2.87. The molecular formula is C9H10FNOS. The maximum Gasteiger partial charge on any atom is 0.123 e. The largest absolute Gasteiger partial charge is 0.411 e. The third kappa shape index (κ3) is 2.73. The Hall–Kier alpha value is -1.03. The minimum atomic E-state index is -0.287. The number of hydrogen-bond donors (Lipinski definition) is 1. The molecule has 4 heteroatoms. The van der Waals surface area contributed by atoms with Crippen molar-refractivity contribution in [2.75, 3.05) is 12.0 Å². The van der Waals surface area contributed by atoms with E-state index in [9.17, 15) is 4.39 Å². The monoisotopic (exact) mass is 199 g/mol. The number of benzene rings is 1. The highest BCUT2D eigenvalue weighted by Gasteiger charge is 2.02. The lowest BCUT2D eigenvalue weighted by Crippen LogP contribution is -2.03. The molecule has 1 aromatic rings. The summed E-state index contributed by atoms with van der Waals surface area (Å²) in [5.41, 5.74) is 1.31. The van der Waals surface area contributed by atoms with Crippen molar-refractivity contribution in [3.8, 4) is 0 Å². The van der Waals surface area contributed by atoms with Crippen LogP contribution in [0.1, 0.15) is 5.56 Å². The molecule has 0 aliphatic heterocycles. The van der Waals surface area contributed by atoms with Crippen LogP contribution in [0, 0.1) is 5.82 Å². The number of rotatable bonds is 3. The van der Waals surface area contributed by atoms with Crippen LogP contribution in [0.2, 0.25) is 0 Å². The number of halogens is 1. The fourth-order valence-corrected chi connectivity index (χ4v) is 1.45. The lowest BCUT2D eigenvalue weighted by molar-refractivity contribution is 0.319. The topological polar surface area (TPSA) is 32.6 Å². The first-order valence-corrected chi connectivity index (χ1v) is 5.13. The van der Waals surface area contributed by atoms with Crippen LogP contribution in [0.25, 0.3) is 0 Å². The molecule has 0 fully saturated rings. The first-order chi connectivity index (χ1) is 6.27. The molecule has 2 nitrogen and oxygen atoms in total. The Kier molecular flexibility index (Phi) is 3.76. The fraction of sp³-hybridized carbons (Fsp3) is 0.222. The van der Waals surface area contributed by atoms with E-state index >= 15 is 0 Å². The standard InChI is InChI=1S/C9H10FNOS/c1-13-6-9(11-12)7-2-4-8(10)5-3-7/h2-5,12H,6H2,1H3. The van der Waals surface area contributed by atoms with E-state index in [1.54, 1.807) is 23.9 Å². The molecule has 70 valence electrons. The average molecular weight is 199 g/mol. The van der Waals surface area contributed by atoms with Gasteiger partial charge in [-0.05, 0) is 18.4 Å². The molecule has 13 heavy (non-hydrogen) atoms. The second-order valence-electron chi connectivity index (χ2n) is 2.49. The first kappa shape index (κ1) is 10.1. The molecule has 0 unspecified atom stereocenters. The van der Waals surface area contributed by atoms with E-state index in [-0.39, 0.29) is 5.82 Å². The third-order valence-electron chi connectivity index (χ3n) is 1.58. The maximum atomic E-state index is 12.5. The van der Waals surface area contributed by atoms with Gasteiger partial charge < -0.3 is 5.21 Å². The zero-order chi connectivity index (χ0) is 9.68. The molecule has 0 saturated carbocycles. The van der Waals surface area contributed by atoms with Crippen LogP contribution in [0.3, 0.4) is 0 Å². The van der Waals surface area contributed by atoms with Crippen molar-refractivity contribution in [2.24, 2.45) is 5.16 Å². The van der Waals surface area contributed by atoms with Crippen molar-refractivity contribution in [2.45, 2.75) is 0 Å². The molecule has 1 rings (SSSR count). The van der Waals surface area contributed by atoms with Gasteiger partial charge in [0, 0.05) is 11.3 Å². The predicted octanol–water partition coefficient (Wildman–Crippen LogP) is 2.37. The van der Waals surface area contributed by atoms with E-state index in [0.717, 1.165) is 5.56 Å². The summed E-state index contributed by atoms with van der Waals surface area (Å²) in [6.45, 7) is 0. The smallest absolute Gasteiger partial charge is 0.123 e. The summed E-state index contributed by atoms with van der Waals surface area (Å²) >= 11 is 1.55. The molecule has 0 amide bonds. The normalized spacial score (nSPS) is 11.7. The van der Waals surface area contributed by atoms with E-state index in [0.29, 0.717) is 11.5 Å². The highest BCUT2D eigenvalue weighted by atomic mass is 32.2. The van der Waals surface area contributed by atoms with Gasteiger partial charge in [0.05, 0.1) is 5.71 Å². The first-order valence-electron chi connectivity index (χ1n) is 3.73. The van der Waals surface area contributed by atoms with Crippen LogP contribution < -0.4 is 0 Å². The third-order valence-corrected chi connectivity index (χ3v) is 2.14. The maximum absolute atomic E-state index is 12.5. The summed E-state index contributed by atoms with van der Waals surface area (Å²) in [5.74, 6) is 0.326. The number of hydrogen-bond acceptors (Lipinski definition) is 3. The predicted molar refractivity (Wildman–Crippen MR) is 53.1 cm³/mol. The highest BCUT2D eigenvalue weighted by Crippen LogP contribution is 2.07. The van der Waals surface area contributed by atoms with Crippen molar-refractivity contribution in [1.82, 2.24) is 0 Å². The van der Waals surface area contributed by atoms with Gasteiger partial charge in [-0.1, -0.05) is 17.3 Å². The summed E-state index contributed by atoms with van der Waals surface area (Å²) in [6, 6.07) is 5.89. The van der Waals surface area contributed by atoms with Crippen molar-refractivity contribution in [3.05, 3.63) is 35.6 Å². The van der Waals surface area contributed by atoms with Gasteiger partial charge in [-0.3, -0.25) is 0 Å². The SMILES string of the molecule is CSCC(=NO)c1ccc(F)cc1. The lowest BCUT2D eigenvalue weighted by atomic mass is 10.1. The Bertz CT molecular complexity index is 297.